The third-order valence-electron chi connectivity index (χ3n) is 3.86. The van der Waals surface area contributed by atoms with Gasteiger partial charge in [0.05, 0.1) is 15.2 Å². The van der Waals surface area contributed by atoms with Crippen molar-refractivity contribution in [3.8, 4) is 23.3 Å². The predicted octanol–water partition coefficient (Wildman–Crippen LogP) is 3.92. The summed E-state index contributed by atoms with van der Waals surface area (Å²) in [6.45, 7) is 2.00. The fourth-order valence-corrected chi connectivity index (χ4v) is 3.30. The van der Waals surface area contributed by atoms with Crippen LogP contribution in [-0.2, 0) is 13.7 Å². The van der Waals surface area contributed by atoms with E-state index in [9.17, 15) is 4.79 Å². The zero-order valence-corrected chi connectivity index (χ0v) is 17.3. The fraction of sp³-hybridized carbons (Fsp3) is 0.167. The number of nitriles is 1. The highest BCUT2D eigenvalue weighted by Crippen LogP contribution is 2.36. The second kappa shape index (κ2) is 8.02. The molecule has 0 aliphatic rings. The van der Waals surface area contributed by atoms with Crippen LogP contribution in [0.3, 0.4) is 0 Å². The molecule has 0 saturated carbocycles. The second-order valence-electron chi connectivity index (χ2n) is 5.68. The molecule has 0 aliphatic carbocycles. The molecular weight excluding hydrogens is 483 g/mol. The third-order valence-corrected chi connectivity index (χ3v) is 4.93. The first-order chi connectivity index (χ1) is 12.9. The Balaban J connectivity index is 1.87. The standard InChI is InChI=1S/C18H14ClIN4O3/c1-10-15(26-9-16-22-23-18(25)24(16)2)4-3-14(20)17(10)27-13-6-11(8-21)5-12(19)7-13/h3-7H,9H2,1-2H3,(H,23,25). The molecule has 0 fully saturated rings. The van der Waals surface area contributed by atoms with E-state index in [1.165, 1.54) is 4.57 Å². The lowest BCUT2D eigenvalue weighted by Crippen LogP contribution is -2.15. The lowest BCUT2D eigenvalue weighted by molar-refractivity contribution is 0.287. The van der Waals surface area contributed by atoms with Gasteiger partial charge in [-0.25, -0.2) is 9.89 Å². The topological polar surface area (TPSA) is 92.9 Å². The molecule has 0 atom stereocenters. The summed E-state index contributed by atoms with van der Waals surface area (Å²) in [5.41, 5.74) is 0.893. The molecule has 9 heteroatoms. The van der Waals surface area contributed by atoms with Crippen LogP contribution in [0.2, 0.25) is 5.02 Å². The van der Waals surface area contributed by atoms with Crippen molar-refractivity contribution in [2.24, 2.45) is 7.05 Å². The zero-order valence-electron chi connectivity index (χ0n) is 14.4. The van der Waals surface area contributed by atoms with Gasteiger partial charge in [0.25, 0.3) is 0 Å². The van der Waals surface area contributed by atoms with Crippen LogP contribution in [0.4, 0.5) is 0 Å². The zero-order chi connectivity index (χ0) is 19.6. The summed E-state index contributed by atoms with van der Waals surface area (Å²) in [5, 5.41) is 15.8. The summed E-state index contributed by atoms with van der Waals surface area (Å²) >= 11 is 8.21. The minimum absolute atomic E-state index is 0.131. The minimum Gasteiger partial charge on any atom is -0.485 e. The quantitative estimate of drug-likeness (QED) is 0.541. The van der Waals surface area contributed by atoms with Crippen LogP contribution in [0.5, 0.6) is 17.2 Å². The van der Waals surface area contributed by atoms with Gasteiger partial charge in [-0.15, -0.1) is 0 Å². The molecule has 0 radical (unpaired) electrons. The number of H-pyrrole nitrogens is 1. The number of halogens is 2. The van der Waals surface area contributed by atoms with Gasteiger partial charge in [0.15, 0.2) is 5.82 Å². The highest BCUT2D eigenvalue weighted by Gasteiger charge is 2.14. The first kappa shape index (κ1) is 19.3. The van der Waals surface area contributed by atoms with E-state index in [-0.39, 0.29) is 12.3 Å². The number of aromatic amines is 1. The van der Waals surface area contributed by atoms with E-state index in [0.29, 0.717) is 33.7 Å². The van der Waals surface area contributed by atoms with E-state index >= 15 is 0 Å². The largest absolute Gasteiger partial charge is 0.485 e. The van der Waals surface area contributed by atoms with Gasteiger partial charge in [0.2, 0.25) is 0 Å². The van der Waals surface area contributed by atoms with Crippen LogP contribution in [-0.4, -0.2) is 14.8 Å². The predicted molar refractivity (Wildman–Crippen MR) is 108 cm³/mol. The third kappa shape index (κ3) is 4.26. The summed E-state index contributed by atoms with van der Waals surface area (Å²) in [6, 6.07) is 10.6. The molecule has 1 N–H and O–H groups in total. The maximum Gasteiger partial charge on any atom is 0.343 e. The van der Waals surface area contributed by atoms with Gasteiger partial charge in [0, 0.05) is 17.6 Å². The number of rotatable bonds is 5. The molecule has 2 aromatic carbocycles. The van der Waals surface area contributed by atoms with Crippen LogP contribution in [0.1, 0.15) is 17.0 Å². The minimum atomic E-state index is -0.300. The van der Waals surface area contributed by atoms with E-state index in [4.69, 9.17) is 26.3 Å². The second-order valence-corrected chi connectivity index (χ2v) is 7.28. The summed E-state index contributed by atoms with van der Waals surface area (Å²) in [6.07, 6.45) is 0. The average molecular weight is 497 g/mol. The fourth-order valence-electron chi connectivity index (χ4n) is 2.38. The average Bonchev–Trinajstić information content (AvgIpc) is 2.96. The molecule has 138 valence electrons. The highest BCUT2D eigenvalue weighted by atomic mass is 127. The maximum atomic E-state index is 11.4. The molecule has 3 aromatic rings. The number of nitrogens with one attached hydrogen (secondary N) is 1. The Bertz CT molecular complexity index is 1100. The molecule has 27 heavy (non-hydrogen) atoms. The van der Waals surface area contributed by atoms with Gasteiger partial charge >= 0.3 is 5.69 Å². The van der Waals surface area contributed by atoms with Crippen LogP contribution < -0.4 is 15.2 Å². The summed E-state index contributed by atoms with van der Waals surface area (Å²) in [7, 11) is 1.62. The Morgan fingerprint density at radius 3 is 2.81 bits per heavy atom. The molecule has 0 unspecified atom stereocenters. The number of hydrogen-bond acceptors (Lipinski definition) is 5. The SMILES string of the molecule is Cc1c(OCc2n[nH]c(=O)n2C)ccc(I)c1Oc1cc(Cl)cc(C#N)c1. The number of aromatic nitrogens is 3. The number of hydrogen-bond donors (Lipinski definition) is 1. The van der Waals surface area contributed by atoms with E-state index in [1.54, 1.807) is 25.2 Å². The van der Waals surface area contributed by atoms with Gasteiger partial charge in [-0.05, 0) is 59.8 Å². The molecule has 1 aromatic heterocycles. The molecule has 3 rings (SSSR count). The molecule has 0 aliphatic heterocycles. The van der Waals surface area contributed by atoms with Gasteiger partial charge in [-0.3, -0.25) is 4.57 Å². The van der Waals surface area contributed by atoms with Gasteiger partial charge in [0.1, 0.15) is 23.9 Å². The molecule has 1 heterocycles. The maximum absolute atomic E-state index is 11.4. The first-order valence-electron chi connectivity index (χ1n) is 7.79. The van der Waals surface area contributed by atoms with Crippen molar-refractivity contribution in [3.63, 3.8) is 0 Å². The Kier molecular flexibility index (Phi) is 5.72. The smallest absolute Gasteiger partial charge is 0.343 e. The number of ether oxygens (including phenoxy) is 2. The normalized spacial score (nSPS) is 10.5. The van der Waals surface area contributed by atoms with Crippen molar-refractivity contribution < 1.29 is 9.47 Å². The lowest BCUT2D eigenvalue weighted by atomic mass is 10.2. The summed E-state index contributed by atoms with van der Waals surface area (Å²) in [5.74, 6) is 2.15. The van der Waals surface area contributed by atoms with Crippen molar-refractivity contribution in [1.29, 1.82) is 5.26 Å². The van der Waals surface area contributed by atoms with E-state index < -0.39 is 0 Å². The highest BCUT2D eigenvalue weighted by molar-refractivity contribution is 14.1. The van der Waals surface area contributed by atoms with Crippen molar-refractivity contribution in [1.82, 2.24) is 14.8 Å². The molecule has 0 bridgehead atoms. The summed E-state index contributed by atoms with van der Waals surface area (Å²) < 4.78 is 14.1. The van der Waals surface area contributed by atoms with Crippen molar-refractivity contribution in [3.05, 3.63) is 66.4 Å². The van der Waals surface area contributed by atoms with Crippen LogP contribution in [0.15, 0.2) is 35.1 Å². The van der Waals surface area contributed by atoms with E-state index in [1.807, 2.05) is 19.1 Å². The Hall–Kier alpha value is -2.51. The molecule has 7 nitrogen and oxygen atoms in total. The van der Waals surface area contributed by atoms with E-state index in [0.717, 1.165) is 9.13 Å². The first-order valence-corrected chi connectivity index (χ1v) is 9.25. The van der Waals surface area contributed by atoms with Crippen LogP contribution in [0.25, 0.3) is 0 Å². The molecule has 0 saturated heterocycles. The Labute approximate surface area is 173 Å². The molecular formula is C18H14ClIN4O3. The summed E-state index contributed by atoms with van der Waals surface area (Å²) in [4.78, 5) is 11.4. The Morgan fingerprint density at radius 2 is 2.15 bits per heavy atom. The molecule has 0 amide bonds. The molecule has 0 spiro atoms. The van der Waals surface area contributed by atoms with Gasteiger partial charge < -0.3 is 9.47 Å². The van der Waals surface area contributed by atoms with E-state index in [2.05, 4.69) is 38.9 Å². The van der Waals surface area contributed by atoms with Crippen molar-refractivity contribution in [2.45, 2.75) is 13.5 Å². The monoisotopic (exact) mass is 496 g/mol. The Morgan fingerprint density at radius 1 is 1.37 bits per heavy atom. The van der Waals surface area contributed by atoms with Crippen molar-refractivity contribution >= 4 is 34.2 Å². The number of nitrogens with zero attached hydrogens (tertiary/aromatic N) is 3. The number of benzene rings is 2. The van der Waals surface area contributed by atoms with Gasteiger partial charge in [-0.2, -0.15) is 10.4 Å². The lowest BCUT2D eigenvalue weighted by Gasteiger charge is -2.15. The van der Waals surface area contributed by atoms with Crippen LogP contribution in [0, 0.1) is 21.8 Å². The van der Waals surface area contributed by atoms with Gasteiger partial charge in [-0.1, -0.05) is 11.6 Å². The van der Waals surface area contributed by atoms with Crippen LogP contribution >= 0.6 is 34.2 Å². The van der Waals surface area contributed by atoms with Crippen molar-refractivity contribution in [2.75, 3.05) is 0 Å².